The topological polar surface area (TPSA) is 61.8 Å². The highest BCUT2D eigenvalue weighted by atomic mass is 16.5. The van der Waals surface area contributed by atoms with E-state index in [9.17, 15) is 9.90 Å². The van der Waals surface area contributed by atoms with Gasteiger partial charge in [0.25, 0.3) is 0 Å². The normalized spacial score (nSPS) is 25.4. The summed E-state index contributed by atoms with van der Waals surface area (Å²) in [6.45, 7) is 0.434. The molecule has 0 unspecified atom stereocenters. The third-order valence-corrected chi connectivity index (χ3v) is 5.12. The minimum Gasteiger partial charge on any atom is -0.497 e. The molecule has 2 atom stereocenters. The van der Waals surface area contributed by atoms with Gasteiger partial charge in [-0.15, -0.1) is 0 Å². The van der Waals surface area contributed by atoms with Crippen LogP contribution in [0.3, 0.4) is 0 Å². The molecule has 5 nitrogen and oxygen atoms in total. The number of benzene rings is 1. The van der Waals surface area contributed by atoms with Crippen LogP contribution in [0.15, 0.2) is 24.3 Å². The van der Waals surface area contributed by atoms with Crippen molar-refractivity contribution in [3.63, 3.8) is 0 Å². The van der Waals surface area contributed by atoms with Crippen LogP contribution in [-0.2, 0) is 0 Å². The summed E-state index contributed by atoms with van der Waals surface area (Å²) in [6, 6.07) is 7.38. The SMILES string of the molecule is COc1ccc(NC(=O)N2C[C@H](O)C[C@@H]2C2CCCCC2)cc1. The number of ether oxygens (including phenoxy) is 1. The molecule has 2 N–H and O–H groups in total. The summed E-state index contributed by atoms with van der Waals surface area (Å²) >= 11 is 0. The van der Waals surface area contributed by atoms with Crippen molar-refractivity contribution < 1.29 is 14.6 Å². The first kappa shape index (κ1) is 16.1. The van der Waals surface area contributed by atoms with Crippen molar-refractivity contribution in [3.05, 3.63) is 24.3 Å². The van der Waals surface area contributed by atoms with Gasteiger partial charge in [-0.25, -0.2) is 4.79 Å². The van der Waals surface area contributed by atoms with Gasteiger partial charge in [0.05, 0.1) is 13.2 Å². The average Bonchev–Trinajstić information content (AvgIpc) is 2.98. The number of nitrogens with one attached hydrogen (secondary N) is 1. The number of carbonyl (C=O) groups excluding carboxylic acids is 1. The van der Waals surface area contributed by atoms with Crippen LogP contribution < -0.4 is 10.1 Å². The van der Waals surface area contributed by atoms with Crippen LogP contribution in [-0.4, -0.2) is 41.8 Å². The van der Waals surface area contributed by atoms with Gasteiger partial charge in [0, 0.05) is 18.3 Å². The molecule has 1 aromatic rings. The minimum absolute atomic E-state index is 0.109. The molecule has 1 aromatic carbocycles. The molecule has 0 spiro atoms. The molecule has 1 saturated heterocycles. The third-order valence-electron chi connectivity index (χ3n) is 5.12. The first-order valence-electron chi connectivity index (χ1n) is 8.57. The predicted molar refractivity (Wildman–Crippen MR) is 89.7 cm³/mol. The number of amides is 2. The van der Waals surface area contributed by atoms with E-state index in [1.54, 1.807) is 7.11 Å². The molecule has 1 heterocycles. The maximum Gasteiger partial charge on any atom is 0.322 e. The van der Waals surface area contributed by atoms with Gasteiger partial charge in [0.1, 0.15) is 5.75 Å². The number of urea groups is 1. The number of rotatable bonds is 3. The smallest absolute Gasteiger partial charge is 0.322 e. The van der Waals surface area contributed by atoms with Gasteiger partial charge in [0.15, 0.2) is 0 Å². The number of β-amino-alcohol motifs (C(OH)–C–C–N with tert-alkyl or cyclic N) is 1. The molecule has 2 fully saturated rings. The van der Waals surface area contributed by atoms with Gasteiger partial charge in [-0.3, -0.25) is 0 Å². The summed E-state index contributed by atoms with van der Waals surface area (Å²) in [4.78, 5) is 14.5. The first-order valence-corrected chi connectivity index (χ1v) is 8.57. The lowest BCUT2D eigenvalue weighted by atomic mass is 9.83. The molecular weight excluding hydrogens is 292 g/mol. The van der Waals surface area contributed by atoms with Crippen LogP contribution in [0.1, 0.15) is 38.5 Å². The molecule has 3 rings (SSSR count). The second-order valence-electron chi connectivity index (χ2n) is 6.67. The fraction of sp³-hybridized carbons (Fsp3) is 0.611. The summed E-state index contributed by atoms with van der Waals surface area (Å²) in [7, 11) is 1.62. The van der Waals surface area contributed by atoms with Gasteiger partial charge < -0.3 is 20.1 Å². The standard InChI is InChI=1S/C18H26N2O3/c1-23-16-9-7-14(8-10-16)19-18(22)20-12-15(21)11-17(20)13-5-3-2-4-6-13/h7-10,13,15,17,21H,2-6,11-12H2,1H3,(H,19,22)/t15-,17-/m1/s1. The Balaban J connectivity index is 1.66. The van der Waals surface area contributed by atoms with Crippen molar-refractivity contribution in [2.75, 3.05) is 19.0 Å². The number of methoxy groups -OCH3 is 1. The number of hydrogen-bond acceptors (Lipinski definition) is 3. The number of hydrogen-bond donors (Lipinski definition) is 2. The summed E-state index contributed by atoms with van der Waals surface area (Å²) in [5.41, 5.74) is 0.750. The summed E-state index contributed by atoms with van der Waals surface area (Å²) < 4.78 is 5.13. The van der Waals surface area contributed by atoms with Crippen LogP contribution in [0.2, 0.25) is 0 Å². The van der Waals surface area contributed by atoms with Crippen molar-refractivity contribution in [3.8, 4) is 5.75 Å². The minimum atomic E-state index is -0.399. The zero-order valence-electron chi connectivity index (χ0n) is 13.7. The molecule has 23 heavy (non-hydrogen) atoms. The quantitative estimate of drug-likeness (QED) is 0.899. The lowest BCUT2D eigenvalue weighted by Crippen LogP contribution is -2.43. The molecule has 2 amide bonds. The number of carbonyl (C=O) groups is 1. The lowest BCUT2D eigenvalue weighted by molar-refractivity contribution is 0.164. The number of aliphatic hydroxyl groups excluding tert-OH is 1. The molecular formula is C18H26N2O3. The van der Waals surface area contributed by atoms with E-state index in [1.807, 2.05) is 29.2 Å². The van der Waals surface area contributed by atoms with Crippen LogP contribution in [0, 0.1) is 5.92 Å². The second-order valence-corrected chi connectivity index (χ2v) is 6.67. The van der Waals surface area contributed by atoms with Gasteiger partial charge in [-0.2, -0.15) is 0 Å². The predicted octanol–water partition coefficient (Wildman–Crippen LogP) is 3.24. The van der Waals surface area contributed by atoms with E-state index in [0.29, 0.717) is 18.9 Å². The van der Waals surface area contributed by atoms with Crippen molar-refractivity contribution in [2.24, 2.45) is 5.92 Å². The maximum atomic E-state index is 12.6. The Kier molecular flexibility index (Phi) is 5.06. The highest BCUT2D eigenvalue weighted by Crippen LogP contribution is 2.34. The molecule has 5 heteroatoms. The molecule has 0 bridgehead atoms. The summed E-state index contributed by atoms with van der Waals surface area (Å²) in [5.74, 6) is 1.29. The second kappa shape index (κ2) is 7.21. The molecule has 2 aliphatic rings. The molecule has 1 saturated carbocycles. The number of likely N-dealkylation sites (tertiary alicyclic amines) is 1. The molecule has 126 valence electrons. The van der Waals surface area contributed by atoms with Gasteiger partial charge in [0.2, 0.25) is 0 Å². The van der Waals surface area contributed by atoms with E-state index >= 15 is 0 Å². The largest absolute Gasteiger partial charge is 0.497 e. The summed E-state index contributed by atoms with van der Waals surface area (Å²) in [5, 5.41) is 13.0. The maximum absolute atomic E-state index is 12.6. The lowest BCUT2D eigenvalue weighted by Gasteiger charge is -2.33. The van der Waals surface area contributed by atoms with E-state index in [0.717, 1.165) is 11.4 Å². The van der Waals surface area contributed by atoms with Gasteiger partial charge in [-0.1, -0.05) is 19.3 Å². The van der Waals surface area contributed by atoms with Crippen molar-refractivity contribution in [2.45, 2.75) is 50.7 Å². The van der Waals surface area contributed by atoms with E-state index in [-0.39, 0.29) is 12.1 Å². The van der Waals surface area contributed by atoms with Crippen molar-refractivity contribution in [1.29, 1.82) is 0 Å². The fourth-order valence-electron chi connectivity index (χ4n) is 3.91. The fourth-order valence-corrected chi connectivity index (χ4v) is 3.91. The van der Waals surface area contributed by atoms with Gasteiger partial charge >= 0.3 is 6.03 Å². The molecule has 1 aliphatic heterocycles. The molecule has 0 radical (unpaired) electrons. The van der Waals surface area contributed by atoms with E-state index in [2.05, 4.69) is 5.32 Å². The van der Waals surface area contributed by atoms with Crippen LogP contribution in [0.25, 0.3) is 0 Å². The Morgan fingerprint density at radius 1 is 1.22 bits per heavy atom. The highest BCUT2D eigenvalue weighted by molar-refractivity contribution is 5.89. The zero-order valence-corrected chi connectivity index (χ0v) is 13.7. The number of anilines is 1. The van der Waals surface area contributed by atoms with Crippen LogP contribution >= 0.6 is 0 Å². The monoisotopic (exact) mass is 318 g/mol. The van der Waals surface area contributed by atoms with Gasteiger partial charge in [-0.05, 0) is 49.4 Å². The first-order chi connectivity index (χ1) is 11.2. The Labute approximate surface area is 137 Å². The highest BCUT2D eigenvalue weighted by Gasteiger charge is 2.39. The Morgan fingerprint density at radius 2 is 1.91 bits per heavy atom. The third kappa shape index (κ3) is 3.78. The number of aliphatic hydroxyl groups is 1. The molecule has 0 aromatic heterocycles. The van der Waals surface area contributed by atoms with Crippen LogP contribution in [0.5, 0.6) is 5.75 Å². The molecule has 1 aliphatic carbocycles. The summed E-state index contributed by atoms with van der Waals surface area (Å²) in [6.07, 6.45) is 6.43. The van der Waals surface area contributed by atoms with E-state index in [4.69, 9.17) is 4.74 Å². The van der Waals surface area contributed by atoms with E-state index < -0.39 is 6.10 Å². The van der Waals surface area contributed by atoms with Crippen molar-refractivity contribution in [1.82, 2.24) is 4.90 Å². The van der Waals surface area contributed by atoms with Crippen molar-refractivity contribution >= 4 is 11.7 Å². The van der Waals surface area contributed by atoms with Crippen LogP contribution in [0.4, 0.5) is 10.5 Å². The van der Waals surface area contributed by atoms with E-state index in [1.165, 1.54) is 32.1 Å². The zero-order chi connectivity index (χ0) is 16.2. The Morgan fingerprint density at radius 3 is 2.57 bits per heavy atom. The Bertz CT molecular complexity index is 526. The Hall–Kier alpha value is -1.75. The number of nitrogens with zero attached hydrogens (tertiary/aromatic N) is 1. The average molecular weight is 318 g/mol.